The van der Waals surface area contributed by atoms with Gasteiger partial charge in [-0.05, 0) is 0 Å². The van der Waals surface area contributed by atoms with E-state index in [0.29, 0.717) is 0 Å². The molecule has 9 heavy (non-hydrogen) atoms. The molecule has 2 heterocycles. The Balaban J connectivity index is 3.17. The van der Waals surface area contributed by atoms with E-state index >= 15 is 0 Å². The Kier molecular flexibility index (Phi) is 0.656. The topological polar surface area (TPSA) is 30.2 Å². The first-order chi connectivity index (χ1) is 4.38. The highest BCUT2D eigenvalue weighted by Gasteiger charge is 1.93. The van der Waals surface area contributed by atoms with E-state index in [1.54, 1.807) is 23.1 Å². The van der Waals surface area contributed by atoms with Crippen LogP contribution in [0.5, 0.6) is 0 Å². The van der Waals surface area contributed by atoms with E-state index in [2.05, 4.69) is 16.7 Å². The molecule has 0 aliphatic rings. The van der Waals surface area contributed by atoms with Crippen LogP contribution in [0.15, 0.2) is 18.6 Å². The van der Waals surface area contributed by atoms with E-state index in [1.165, 1.54) is 0 Å². The molecule has 3 nitrogen and oxygen atoms in total. The number of fused-ring (bicyclic) bond motifs is 1. The largest absolute Gasteiger partial charge is 0.235 e. The molecule has 0 saturated carbocycles. The number of hydrogen-bond donors (Lipinski definition) is 0. The highest BCUT2D eigenvalue weighted by molar-refractivity contribution is 5.39. The SMILES string of the molecule is C=c1cnn2ccnc12. The number of imidazole rings is 1. The van der Waals surface area contributed by atoms with Gasteiger partial charge in [0.05, 0.1) is 6.20 Å². The van der Waals surface area contributed by atoms with Gasteiger partial charge in [-0.15, -0.1) is 0 Å². The molecule has 0 aromatic carbocycles. The average molecular weight is 119 g/mol. The fourth-order valence-electron chi connectivity index (χ4n) is 0.810. The van der Waals surface area contributed by atoms with Crippen LogP contribution in [0.3, 0.4) is 0 Å². The smallest absolute Gasteiger partial charge is 0.161 e. The van der Waals surface area contributed by atoms with E-state index in [4.69, 9.17) is 0 Å². The van der Waals surface area contributed by atoms with E-state index in [1.807, 2.05) is 0 Å². The van der Waals surface area contributed by atoms with Gasteiger partial charge in [0.25, 0.3) is 0 Å². The van der Waals surface area contributed by atoms with Gasteiger partial charge in [0.2, 0.25) is 0 Å². The van der Waals surface area contributed by atoms with E-state index in [0.717, 1.165) is 10.9 Å². The minimum Gasteiger partial charge on any atom is -0.235 e. The molecule has 0 atom stereocenters. The lowest BCUT2D eigenvalue weighted by molar-refractivity contribution is 0.973. The number of hydrogen-bond acceptors (Lipinski definition) is 2. The summed E-state index contributed by atoms with van der Waals surface area (Å²) in [6, 6.07) is 0. The fraction of sp³-hybridized carbons (Fsp3) is 0. The summed E-state index contributed by atoms with van der Waals surface area (Å²) < 4.78 is 1.70. The third kappa shape index (κ3) is 0.455. The Morgan fingerprint density at radius 1 is 1.56 bits per heavy atom. The highest BCUT2D eigenvalue weighted by Crippen LogP contribution is 1.87. The van der Waals surface area contributed by atoms with Crippen molar-refractivity contribution in [3.8, 4) is 0 Å². The Bertz CT molecular complexity index is 362. The van der Waals surface area contributed by atoms with Gasteiger partial charge in [-0.2, -0.15) is 5.10 Å². The van der Waals surface area contributed by atoms with Gasteiger partial charge in [-0.25, -0.2) is 9.50 Å². The molecular formula is C6H5N3. The highest BCUT2D eigenvalue weighted by atomic mass is 15.2. The van der Waals surface area contributed by atoms with Crippen molar-refractivity contribution in [2.24, 2.45) is 0 Å². The van der Waals surface area contributed by atoms with E-state index in [-0.39, 0.29) is 0 Å². The second-order valence-electron chi connectivity index (χ2n) is 1.87. The van der Waals surface area contributed by atoms with Crippen LogP contribution >= 0.6 is 0 Å². The van der Waals surface area contributed by atoms with E-state index in [9.17, 15) is 0 Å². The molecule has 0 bridgehead atoms. The summed E-state index contributed by atoms with van der Waals surface area (Å²) in [4.78, 5) is 4.02. The van der Waals surface area contributed by atoms with E-state index < -0.39 is 0 Å². The van der Waals surface area contributed by atoms with Crippen molar-refractivity contribution in [2.45, 2.75) is 0 Å². The lowest BCUT2D eigenvalue weighted by atomic mass is 10.5. The molecule has 0 spiro atoms. The molecule has 0 N–H and O–H groups in total. The summed E-state index contributed by atoms with van der Waals surface area (Å²) in [5, 5.41) is 4.84. The van der Waals surface area contributed by atoms with Crippen molar-refractivity contribution in [3.05, 3.63) is 23.8 Å². The minimum absolute atomic E-state index is 0.843. The quantitative estimate of drug-likeness (QED) is 0.483. The summed E-state index contributed by atoms with van der Waals surface area (Å²) in [6.45, 7) is 3.74. The second-order valence-corrected chi connectivity index (χ2v) is 1.87. The van der Waals surface area contributed by atoms with Crippen LogP contribution in [0, 0.1) is 0 Å². The van der Waals surface area contributed by atoms with Gasteiger partial charge in [-0.3, -0.25) is 0 Å². The molecule has 2 aromatic heterocycles. The molecule has 0 fully saturated rings. The van der Waals surface area contributed by atoms with Crippen molar-refractivity contribution in [1.82, 2.24) is 14.6 Å². The summed E-state index contributed by atoms with van der Waals surface area (Å²) in [5.41, 5.74) is 0.843. The van der Waals surface area contributed by atoms with Gasteiger partial charge >= 0.3 is 0 Å². The van der Waals surface area contributed by atoms with Crippen molar-refractivity contribution in [3.63, 3.8) is 0 Å². The van der Waals surface area contributed by atoms with Gasteiger partial charge in [0.1, 0.15) is 0 Å². The van der Waals surface area contributed by atoms with Crippen molar-refractivity contribution >= 4 is 12.2 Å². The standard InChI is InChI=1S/C6H5N3/c1-5-4-8-9-3-2-7-6(5)9/h2-4H,1H2. The number of aromatic nitrogens is 3. The second kappa shape index (κ2) is 1.31. The lowest BCUT2D eigenvalue weighted by Crippen LogP contribution is -1.91. The molecule has 2 aromatic rings. The molecule has 3 heteroatoms. The van der Waals surface area contributed by atoms with Crippen molar-refractivity contribution < 1.29 is 0 Å². The molecule has 2 rings (SSSR count). The summed E-state index contributed by atoms with van der Waals surface area (Å²) in [5.74, 6) is 0. The van der Waals surface area contributed by atoms with Gasteiger partial charge in [0, 0.05) is 17.6 Å². The predicted molar refractivity (Wildman–Crippen MR) is 33.7 cm³/mol. The lowest BCUT2D eigenvalue weighted by Gasteiger charge is -1.72. The van der Waals surface area contributed by atoms with Crippen molar-refractivity contribution in [1.29, 1.82) is 0 Å². The molecule has 0 unspecified atom stereocenters. The summed E-state index contributed by atoms with van der Waals surface area (Å²) in [7, 11) is 0. The van der Waals surface area contributed by atoms with Crippen LogP contribution in [0.4, 0.5) is 0 Å². The maximum Gasteiger partial charge on any atom is 0.161 e. The maximum atomic E-state index is 4.02. The first kappa shape index (κ1) is 4.49. The third-order valence-electron chi connectivity index (χ3n) is 1.25. The Hall–Kier alpha value is -1.38. The zero-order valence-electron chi connectivity index (χ0n) is 4.78. The zero-order valence-corrected chi connectivity index (χ0v) is 4.78. The zero-order chi connectivity index (χ0) is 6.27. The van der Waals surface area contributed by atoms with Crippen LogP contribution in [-0.4, -0.2) is 14.6 Å². The molecule has 0 saturated heterocycles. The van der Waals surface area contributed by atoms with Gasteiger partial charge in [-0.1, -0.05) is 6.58 Å². The monoisotopic (exact) mass is 119 g/mol. The van der Waals surface area contributed by atoms with Crippen LogP contribution in [0.25, 0.3) is 12.2 Å². The fourth-order valence-corrected chi connectivity index (χ4v) is 0.810. The van der Waals surface area contributed by atoms with Crippen LogP contribution in [-0.2, 0) is 0 Å². The number of nitrogens with zero attached hydrogens (tertiary/aromatic N) is 3. The maximum absolute atomic E-state index is 4.02. The van der Waals surface area contributed by atoms with Crippen LogP contribution in [0.1, 0.15) is 0 Å². The molecule has 0 aliphatic heterocycles. The molecule has 0 amide bonds. The average Bonchev–Trinajstić information content (AvgIpc) is 2.35. The molecular weight excluding hydrogens is 114 g/mol. The molecule has 0 radical (unpaired) electrons. The van der Waals surface area contributed by atoms with Crippen LogP contribution < -0.4 is 5.22 Å². The predicted octanol–water partition coefficient (Wildman–Crippen LogP) is -0.142. The van der Waals surface area contributed by atoms with Gasteiger partial charge < -0.3 is 0 Å². The Labute approximate surface area is 51.6 Å². The molecule has 44 valence electrons. The first-order valence-corrected chi connectivity index (χ1v) is 2.65. The summed E-state index contributed by atoms with van der Waals surface area (Å²) in [6.07, 6.45) is 5.20. The minimum atomic E-state index is 0.843. The Morgan fingerprint density at radius 2 is 2.44 bits per heavy atom. The van der Waals surface area contributed by atoms with Gasteiger partial charge in [0.15, 0.2) is 5.65 Å². The number of rotatable bonds is 0. The third-order valence-corrected chi connectivity index (χ3v) is 1.25. The van der Waals surface area contributed by atoms with Crippen LogP contribution in [0.2, 0.25) is 0 Å². The summed E-state index contributed by atoms with van der Waals surface area (Å²) >= 11 is 0. The van der Waals surface area contributed by atoms with Crippen molar-refractivity contribution in [2.75, 3.05) is 0 Å². The molecule has 0 aliphatic carbocycles. The first-order valence-electron chi connectivity index (χ1n) is 2.65. The normalized spacial score (nSPS) is 10.7. The Morgan fingerprint density at radius 3 is 3.22 bits per heavy atom.